The number of unbranched alkanes of at least 4 members (excludes halogenated alkanes) is 5. The third kappa shape index (κ3) is 13.1. The summed E-state index contributed by atoms with van der Waals surface area (Å²) in [4.78, 5) is 30.2. The molecule has 0 spiro atoms. The van der Waals surface area contributed by atoms with E-state index < -0.39 is 23.7 Å². The summed E-state index contributed by atoms with van der Waals surface area (Å²) >= 11 is 5.95. The van der Waals surface area contributed by atoms with Crippen LogP contribution in [0.2, 0.25) is 5.02 Å². The first-order valence-corrected chi connectivity index (χ1v) is 26.4. The van der Waals surface area contributed by atoms with E-state index in [1.807, 2.05) is 102 Å². The number of carbonyl (C=O) groups excluding carboxylic acids is 1. The van der Waals surface area contributed by atoms with Crippen LogP contribution in [0.25, 0.3) is 55.8 Å². The Bertz CT molecular complexity index is 3380. The molecule has 0 radical (unpaired) electrons. The van der Waals surface area contributed by atoms with Gasteiger partial charge in [-0.3, -0.25) is 14.7 Å². The van der Waals surface area contributed by atoms with Gasteiger partial charge in [-0.15, -0.1) is 10.2 Å². The van der Waals surface area contributed by atoms with Gasteiger partial charge in [0.25, 0.3) is 0 Å². The molecule has 1 aliphatic carbocycles. The van der Waals surface area contributed by atoms with E-state index in [0.717, 1.165) is 124 Å². The fourth-order valence-electron chi connectivity index (χ4n) is 9.88. The Morgan fingerprint density at radius 2 is 1.51 bits per heavy atom. The van der Waals surface area contributed by atoms with Crippen LogP contribution in [0.15, 0.2) is 108 Å². The van der Waals surface area contributed by atoms with Crippen LogP contribution >= 0.6 is 11.6 Å². The van der Waals surface area contributed by atoms with Gasteiger partial charge in [0.2, 0.25) is 5.36 Å². The van der Waals surface area contributed by atoms with Gasteiger partial charge in [0.1, 0.15) is 42.8 Å². The molecule has 6 aromatic rings. The number of carbonyl (C=O) groups is 2. The van der Waals surface area contributed by atoms with Gasteiger partial charge >= 0.3 is 12.1 Å². The van der Waals surface area contributed by atoms with Crippen molar-refractivity contribution in [1.82, 2.24) is 39.5 Å². The number of hydrogen-bond donors (Lipinski definition) is 2. The Morgan fingerprint density at radius 1 is 0.789 bits per heavy atom. The van der Waals surface area contributed by atoms with Gasteiger partial charge in [0, 0.05) is 78.8 Å². The van der Waals surface area contributed by atoms with Crippen LogP contribution < -0.4 is 20.1 Å². The predicted molar refractivity (Wildman–Crippen MR) is 293 cm³/mol. The van der Waals surface area contributed by atoms with E-state index in [9.17, 15) is 23.5 Å². The molecule has 76 heavy (non-hydrogen) atoms. The lowest BCUT2D eigenvalue weighted by molar-refractivity contribution is 0.0697. The Morgan fingerprint density at radius 3 is 2.28 bits per heavy atom. The molecule has 3 aliphatic rings. The summed E-state index contributed by atoms with van der Waals surface area (Å²) in [5, 5.41) is 32.6. The van der Waals surface area contributed by atoms with Gasteiger partial charge in [-0.25, -0.2) is 22.9 Å². The maximum atomic E-state index is 14.1. The SMILES string of the molecule is CN(C)c1ccc2c(-c3ccc(-c4cn(CCCCCn5cc(CCCCCCN6CCC(COC(=O)Nc7ccc(F)cc7-c7ccc(F)c(Cl)c7)CC6)nn5)nn4)cc3C(=O)O)c3ccc(=[N+](C)C)cc-3oc2c1. The number of amides is 1. The third-order valence-corrected chi connectivity index (χ3v) is 14.5. The number of anilines is 2. The average molecular weight is 1050 g/mol. The van der Waals surface area contributed by atoms with Crippen molar-refractivity contribution in [3.63, 3.8) is 0 Å². The number of benzene rings is 5. The molecule has 2 N–H and O–H groups in total. The summed E-state index contributed by atoms with van der Waals surface area (Å²) in [7, 11) is 7.90. The van der Waals surface area contributed by atoms with Gasteiger partial charge in [-0.05, 0) is 143 Å². The molecule has 2 aliphatic heterocycles. The van der Waals surface area contributed by atoms with E-state index in [1.165, 1.54) is 36.4 Å². The molecule has 1 saturated heterocycles. The Hall–Kier alpha value is -7.50. The maximum Gasteiger partial charge on any atom is 0.411 e. The number of rotatable bonds is 21. The van der Waals surface area contributed by atoms with Crippen LogP contribution in [-0.2, 0) is 24.2 Å². The van der Waals surface area contributed by atoms with E-state index in [0.29, 0.717) is 58.1 Å². The fourth-order valence-corrected chi connectivity index (χ4v) is 10.1. The predicted octanol–water partition coefficient (Wildman–Crippen LogP) is 11.4. The highest BCUT2D eigenvalue weighted by molar-refractivity contribution is 6.31. The molecule has 0 atom stereocenters. The summed E-state index contributed by atoms with van der Waals surface area (Å²) in [6.07, 6.45) is 13.4. The van der Waals surface area contributed by atoms with Crippen molar-refractivity contribution in [2.75, 3.05) is 64.6 Å². The molecular formula is C58H64ClF2N10O5+. The minimum atomic E-state index is -1.03. The number of carboxylic acids is 1. The van der Waals surface area contributed by atoms with Crippen molar-refractivity contribution in [2.45, 2.75) is 77.3 Å². The zero-order chi connectivity index (χ0) is 53.3. The fraction of sp³-hybridized carbons (Fsp3) is 0.362. The van der Waals surface area contributed by atoms with Crippen LogP contribution in [0.1, 0.15) is 73.8 Å². The van der Waals surface area contributed by atoms with Gasteiger partial charge in [0.05, 0.1) is 40.8 Å². The van der Waals surface area contributed by atoms with E-state index in [-0.39, 0.29) is 16.5 Å². The first-order valence-electron chi connectivity index (χ1n) is 26.0. The number of hydrogen-bond acceptors (Lipinski definition) is 10. The molecule has 4 aromatic carbocycles. The second kappa shape index (κ2) is 24.4. The number of carboxylic acid groups (broad SMARTS) is 1. The molecule has 396 valence electrons. The van der Waals surface area contributed by atoms with E-state index in [1.54, 1.807) is 6.07 Å². The maximum absolute atomic E-state index is 14.1. The molecule has 1 amide bonds. The lowest BCUT2D eigenvalue weighted by Gasteiger charge is -2.31. The molecule has 9 rings (SSSR count). The summed E-state index contributed by atoms with van der Waals surface area (Å²) < 4.78 is 45.6. The Balaban J connectivity index is 0.668. The zero-order valence-electron chi connectivity index (χ0n) is 43.4. The van der Waals surface area contributed by atoms with Crippen LogP contribution in [-0.4, -0.2) is 106 Å². The van der Waals surface area contributed by atoms with Crippen molar-refractivity contribution < 1.29 is 32.6 Å². The molecule has 18 heteroatoms. The van der Waals surface area contributed by atoms with Crippen LogP contribution in [0.5, 0.6) is 0 Å². The van der Waals surface area contributed by atoms with Crippen molar-refractivity contribution >= 4 is 46.0 Å². The summed E-state index contributed by atoms with van der Waals surface area (Å²) in [5.74, 6) is -1.18. The largest absolute Gasteiger partial charge is 0.478 e. The molecule has 0 bridgehead atoms. The second-order valence-electron chi connectivity index (χ2n) is 20.1. The topological polar surface area (TPSA) is 160 Å². The third-order valence-electron chi connectivity index (χ3n) is 14.2. The number of aromatic nitrogens is 6. The highest BCUT2D eigenvalue weighted by Gasteiger charge is 2.25. The van der Waals surface area contributed by atoms with Crippen LogP contribution in [0, 0.1) is 17.6 Å². The van der Waals surface area contributed by atoms with Crippen molar-refractivity contribution in [1.29, 1.82) is 0 Å². The number of nitrogens with one attached hydrogen (secondary N) is 1. The Labute approximate surface area is 445 Å². The molecule has 4 heterocycles. The highest BCUT2D eigenvalue weighted by Crippen LogP contribution is 2.43. The van der Waals surface area contributed by atoms with Crippen LogP contribution in [0.4, 0.5) is 25.0 Å². The van der Waals surface area contributed by atoms with Crippen molar-refractivity contribution in [3.8, 4) is 44.8 Å². The normalized spacial score (nSPS) is 13.1. The van der Waals surface area contributed by atoms with Gasteiger partial charge in [-0.1, -0.05) is 53.1 Å². The highest BCUT2D eigenvalue weighted by atomic mass is 35.5. The van der Waals surface area contributed by atoms with Crippen molar-refractivity contribution in [2.24, 2.45) is 5.92 Å². The first kappa shape index (κ1) is 53.3. The van der Waals surface area contributed by atoms with Crippen molar-refractivity contribution in [3.05, 3.63) is 137 Å². The number of fused-ring (bicyclic) bond motifs is 2. The molecule has 0 unspecified atom stereocenters. The molecule has 1 fully saturated rings. The summed E-state index contributed by atoms with van der Waals surface area (Å²) in [6, 6.07) is 25.5. The smallest absolute Gasteiger partial charge is 0.411 e. The quantitative estimate of drug-likeness (QED) is 0.0401. The number of ether oxygens (including phenoxy) is 1. The second-order valence-corrected chi connectivity index (χ2v) is 20.5. The summed E-state index contributed by atoms with van der Waals surface area (Å²) in [5.41, 5.74) is 7.52. The minimum Gasteiger partial charge on any atom is -0.478 e. The standard InChI is InChI=1S/C58H63ClF2N10O5/c1-67(2)43-16-19-46-54(33-43)76-55-34-44(68(3)4)17-20-47(55)56(46)45-18-13-40(30-49(45)57(72)73)53-36-71(66-64-53)27-11-7-10-26-70-35-42(63-65-70)12-8-5-6-9-25-69-28-23-38(24-29-69)37-75-58(74)62-52-22-15-41(60)32-48(52)39-14-21-51(61)50(59)31-39/h13-22,30-36,38H,5-12,23-29,37H2,1-4H3,(H-,62,72,73,74)/p+1. The van der Waals surface area contributed by atoms with E-state index in [4.69, 9.17) is 20.8 Å². The van der Waals surface area contributed by atoms with Gasteiger partial charge in [-0.2, -0.15) is 0 Å². The molecule has 2 aromatic heterocycles. The molecular weight excluding hydrogens is 990 g/mol. The number of nitrogens with zero attached hydrogens (tertiary/aromatic N) is 9. The van der Waals surface area contributed by atoms with E-state index >= 15 is 0 Å². The number of aryl methyl sites for hydroxylation is 3. The van der Waals surface area contributed by atoms with Gasteiger partial charge < -0.3 is 24.1 Å². The van der Waals surface area contributed by atoms with E-state index in [2.05, 4.69) is 37.0 Å². The van der Waals surface area contributed by atoms with Crippen LogP contribution in [0.3, 0.4) is 0 Å². The average Bonchev–Trinajstić information content (AvgIpc) is 4.11. The lowest BCUT2D eigenvalue weighted by atomic mass is 9.89. The number of aromatic carboxylic acids is 1. The number of likely N-dealkylation sites (tertiary alicyclic amines) is 1. The minimum absolute atomic E-state index is 0.0933. The van der Waals surface area contributed by atoms with Gasteiger partial charge in [0.15, 0.2) is 0 Å². The number of halogens is 3. The lowest BCUT2D eigenvalue weighted by Crippen LogP contribution is -2.36. The zero-order valence-corrected chi connectivity index (χ0v) is 44.2. The number of piperidine rings is 1. The molecule has 0 saturated carbocycles. The molecule has 15 nitrogen and oxygen atoms in total. The monoisotopic (exact) mass is 1050 g/mol. The first-order chi connectivity index (χ1) is 36.8. The Kier molecular flexibility index (Phi) is 17.2. The summed E-state index contributed by atoms with van der Waals surface area (Å²) in [6.45, 7) is 4.74.